The van der Waals surface area contributed by atoms with Crippen molar-refractivity contribution in [2.24, 2.45) is 11.7 Å². The number of likely N-dealkylation sites (N-methyl/N-ethyl adjacent to an activating group) is 1. The highest BCUT2D eigenvalue weighted by Crippen LogP contribution is 2.08. The molecule has 0 fully saturated rings. The summed E-state index contributed by atoms with van der Waals surface area (Å²) in [5, 5.41) is 8.56. The Bertz CT molecular complexity index is 243. The van der Waals surface area contributed by atoms with E-state index in [1.165, 1.54) is 4.90 Å². The van der Waals surface area contributed by atoms with Crippen LogP contribution in [0.2, 0.25) is 0 Å². The highest BCUT2D eigenvalue weighted by atomic mass is 16.4. The van der Waals surface area contributed by atoms with E-state index in [0.29, 0.717) is 6.54 Å². The van der Waals surface area contributed by atoms with Gasteiger partial charge >= 0.3 is 5.97 Å². The number of carboxylic acids is 1. The Balaban J connectivity index is 4.34. The van der Waals surface area contributed by atoms with Crippen LogP contribution in [0.4, 0.5) is 0 Å². The first kappa shape index (κ1) is 14.9. The van der Waals surface area contributed by atoms with Crippen molar-refractivity contribution in [3.63, 3.8) is 0 Å². The topological polar surface area (TPSA) is 83.6 Å². The van der Waals surface area contributed by atoms with E-state index in [0.717, 1.165) is 6.42 Å². The minimum absolute atomic E-state index is 0.0349. The van der Waals surface area contributed by atoms with Crippen LogP contribution in [0, 0.1) is 5.92 Å². The summed E-state index contributed by atoms with van der Waals surface area (Å²) in [5.74, 6) is -0.937. The molecule has 0 aliphatic carbocycles. The fourth-order valence-corrected chi connectivity index (χ4v) is 1.36. The van der Waals surface area contributed by atoms with Gasteiger partial charge in [0.25, 0.3) is 0 Å². The van der Waals surface area contributed by atoms with Gasteiger partial charge in [-0.05, 0) is 12.8 Å². The summed E-state index contributed by atoms with van der Waals surface area (Å²) in [6.07, 6.45) is 0.802. The minimum Gasteiger partial charge on any atom is -0.481 e. The van der Waals surface area contributed by atoms with E-state index in [2.05, 4.69) is 0 Å². The summed E-state index contributed by atoms with van der Waals surface area (Å²) in [4.78, 5) is 23.8. The molecule has 0 aromatic heterocycles. The van der Waals surface area contributed by atoms with Crippen molar-refractivity contribution >= 4 is 11.9 Å². The molecule has 0 radical (unpaired) electrons. The van der Waals surface area contributed by atoms with Gasteiger partial charge in [0.1, 0.15) is 0 Å². The molecule has 0 aromatic carbocycles. The molecule has 0 rings (SSSR count). The maximum absolute atomic E-state index is 11.9. The third-order valence-corrected chi connectivity index (χ3v) is 2.83. The predicted molar refractivity (Wildman–Crippen MR) is 61.9 cm³/mol. The SMILES string of the molecule is CC[C@H](C)[C@H](N)C(=O)N(CC)CCC(=O)O. The van der Waals surface area contributed by atoms with E-state index < -0.39 is 12.0 Å². The predicted octanol–water partition coefficient (Wildman–Crippen LogP) is 0.683. The van der Waals surface area contributed by atoms with Gasteiger partial charge in [0.15, 0.2) is 0 Å². The molecule has 0 bridgehead atoms. The Morgan fingerprint density at radius 2 is 1.94 bits per heavy atom. The Morgan fingerprint density at radius 1 is 1.38 bits per heavy atom. The number of hydrogen-bond acceptors (Lipinski definition) is 3. The lowest BCUT2D eigenvalue weighted by atomic mass is 9.99. The Labute approximate surface area is 96.6 Å². The van der Waals surface area contributed by atoms with E-state index in [-0.39, 0.29) is 24.8 Å². The second kappa shape index (κ2) is 7.22. The molecule has 16 heavy (non-hydrogen) atoms. The normalized spacial score (nSPS) is 14.2. The number of hydrogen-bond donors (Lipinski definition) is 2. The molecule has 0 saturated heterocycles. The van der Waals surface area contributed by atoms with Gasteiger partial charge in [0, 0.05) is 13.1 Å². The molecule has 0 aliphatic rings. The standard InChI is InChI=1S/C11H22N2O3/c1-4-8(3)10(12)11(16)13(5-2)7-6-9(14)15/h8,10H,4-7,12H2,1-3H3,(H,14,15)/t8-,10-/m0/s1. The van der Waals surface area contributed by atoms with Gasteiger partial charge in [-0.25, -0.2) is 0 Å². The van der Waals surface area contributed by atoms with Crippen molar-refractivity contribution in [1.82, 2.24) is 4.90 Å². The van der Waals surface area contributed by atoms with Crippen LogP contribution < -0.4 is 5.73 Å². The third kappa shape index (κ3) is 4.61. The molecule has 3 N–H and O–H groups in total. The van der Waals surface area contributed by atoms with E-state index in [4.69, 9.17) is 10.8 Å². The van der Waals surface area contributed by atoms with Gasteiger partial charge in [0.2, 0.25) is 5.91 Å². The van der Waals surface area contributed by atoms with Gasteiger partial charge in [-0.15, -0.1) is 0 Å². The quantitative estimate of drug-likeness (QED) is 0.673. The summed E-state index contributed by atoms with van der Waals surface area (Å²) < 4.78 is 0. The van der Waals surface area contributed by atoms with E-state index in [1.54, 1.807) is 0 Å². The highest BCUT2D eigenvalue weighted by molar-refractivity contribution is 5.82. The smallest absolute Gasteiger partial charge is 0.305 e. The van der Waals surface area contributed by atoms with Crippen molar-refractivity contribution in [3.8, 4) is 0 Å². The number of carboxylic acid groups (broad SMARTS) is 1. The Kier molecular flexibility index (Phi) is 6.72. The second-order valence-electron chi connectivity index (χ2n) is 3.97. The molecule has 0 spiro atoms. The molecule has 0 unspecified atom stereocenters. The lowest BCUT2D eigenvalue weighted by Gasteiger charge is -2.26. The summed E-state index contributed by atoms with van der Waals surface area (Å²) in [6.45, 7) is 6.45. The zero-order valence-electron chi connectivity index (χ0n) is 10.3. The number of nitrogens with zero attached hydrogens (tertiary/aromatic N) is 1. The van der Waals surface area contributed by atoms with Gasteiger partial charge in [-0.3, -0.25) is 9.59 Å². The molecule has 0 aliphatic heterocycles. The molecule has 0 saturated carbocycles. The van der Waals surface area contributed by atoms with Gasteiger partial charge in [0.05, 0.1) is 12.5 Å². The first-order valence-corrected chi connectivity index (χ1v) is 5.70. The zero-order valence-corrected chi connectivity index (χ0v) is 10.3. The maximum atomic E-state index is 11.9. The van der Waals surface area contributed by atoms with Crippen LogP contribution >= 0.6 is 0 Å². The first-order valence-electron chi connectivity index (χ1n) is 5.70. The molecule has 2 atom stereocenters. The van der Waals surface area contributed by atoms with Crippen LogP contribution in [0.25, 0.3) is 0 Å². The zero-order chi connectivity index (χ0) is 12.7. The van der Waals surface area contributed by atoms with Crippen molar-refractivity contribution in [2.45, 2.75) is 39.7 Å². The number of carbonyl (C=O) groups excluding carboxylic acids is 1. The summed E-state index contributed by atoms with van der Waals surface area (Å²) in [6, 6.07) is -0.529. The average Bonchev–Trinajstić information content (AvgIpc) is 2.27. The van der Waals surface area contributed by atoms with Crippen molar-refractivity contribution < 1.29 is 14.7 Å². The lowest BCUT2D eigenvalue weighted by molar-refractivity contribution is -0.139. The van der Waals surface area contributed by atoms with Crippen molar-refractivity contribution in [1.29, 1.82) is 0 Å². The lowest BCUT2D eigenvalue weighted by Crippen LogP contribution is -2.47. The minimum atomic E-state index is -0.900. The number of rotatable bonds is 7. The molecule has 1 amide bonds. The first-order chi connectivity index (χ1) is 7.43. The van der Waals surface area contributed by atoms with Gasteiger partial charge < -0.3 is 15.7 Å². The van der Waals surface area contributed by atoms with Crippen LogP contribution in [0.3, 0.4) is 0 Å². The second-order valence-corrected chi connectivity index (χ2v) is 3.97. The van der Waals surface area contributed by atoms with Crippen LogP contribution in [-0.4, -0.2) is 41.0 Å². The van der Waals surface area contributed by atoms with E-state index in [1.807, 2.05) is 20.8 Å². The summed E-state index contributed by atoms with van der Waals surface area (Å²) >= 11 is 0. The maximum Gasteiger partial charge on any atom is 0.305 e. The summed E-state index contributed by atoms with van der Waals surface area (Å²) in [7, 11) is 0. The number of aliphatic carboxylic acids is 1. The molecular formula is C11H22N2O3. The van der Waals surface area contributed by atoms with Crippen LogP contribution in [0.15, 0.2) is 0 Å². The number of amides is 1. The molecular weight excluding hydrogens is 208 g/mol. The largest absolute Gasteiger partial charge is 0.481 e. The van der Waals surface area contributed by atoms with E-state index in [9.17, 15) is 9.59 Å². The molecule has 94 valence electrons. The Hall–Kier alpha value is -1.10. The van der Waals surface area contributed by atoms with Crippen molar-refractivity contribution in [3.05, 3.63) is 0 Å². The number of nitrogens with two attached hydrogens (primary N) is 1. The van der Waals surface area contributed by atoms with Crippen LogP contribution in [-0.2, 0) is 9.59 Å². The van der Waals surface area contributed by atoms with Crippen LogP contribution in [0.1, 0.15) is 33.6 Å². The van der Waals surface area contributed by atoms with Gasteiger partial charge in [-0.2, -0.15) is 0 Å². The highest BCUT2D eigenvalue weighted by Gasteiger charge is 2.24. The van der Waals surface area contributed by atoms with E-state index >= 15 is 0 Å². The Morgan fingerprint density at radius 3 is 2.31 bits per heavy atom. The molecule has 5 heteroatoms. The average molecular weight is 230 g/mol. The summed E-state index contributed by atoms with van der Waals surface area (Å²) in [5.41, 5.74) is 5.82. The fraction of sp³-hybridized carbons (Fsp3) is 0.818. The number of carbonyl (C=O) groups is 2. The molecule has 5 nitrogen and oxygen atoms in total. The fourth-order valence-electron chi connectivity index (χ4n) is 1.36. The van der Waals surface area contributed by atoms with Crippen LogP contribution in [0.5, 0.6) is 0 Å². The van der Waals surface area contributed by atoms with Crippen molar-refractivity contribution in [2.75, 3.05) is 13.1 Å². The van der Waals surface area contributed by atoms with Gasteiger partial charge in [-0.1, -0.05) is 20.3 Å². The third-order valence-electron chi connectivity index (χ3n) is 2.83. The molecule has 0 aromatic rings. The monoisotopic (exact) mass is 230 g/mol. The molecule has 0 heterocycles.